The number of amides is 2. The van der Waals surface area contributed by atoms with Crippen molar-refractivity contribution >= 4 is 11.8 Å². The van der Waals surface area contributed by atoms with Gasteiger partial charge in [-0.3, -0.25) is 20.4 Å². The number of carbonyl (C=O) groups excluding carboxylic acids is 2. The van der Waals surface area contributed by atoms with Crippen LogP contribution in [-0.4, -0.2) is 17.9 Å². The Hall–Kier alpha value is -2.82. The molecule has 0 aliphatic heterocycles. The fourth-order valence-electron chi connectivity index (χ4n) is 1.94. The van der Waals surface area contributed by atoms with Crippen LogP contribution in [0.1, 0.15) is 28.4 Å². The topological polar surface area (TPSA) is 67.4 Å². The van der Waals surface area contributed by atoms with Gasteiger partial charge in [-0.15, -0.1) is 0 Å². The van der Waals surface area contributed by atoms with Gasteiger partial charge in [0.2, 0.25) is 0 Å². The highest BCUT2D eigenvalue weighted by Gasteiger charge is 2.15. The number of nitrogens with one attached hydrogen (secondary N) is 2. The lowest BCUT2D eigenvalue weighted by atomic mass is 10.1. The number of hydrogen-bond donors (Lipinski definition) is 2. The van der Waals surface area contributed by atoms with E-state index >= 15 is 0 Å². The molecule has 0 aliphatic carbocycles. The fourth-order valence-corrected chi connectivity index (χ4v) is 1.94. The van der Waals surface area contributed by atoms with Gasteiger partial charge in [0, 0.05) is 5.56 Å². The van der Waals surface area contributed by atoms with Crippen molar-refractivity contribution in [3.8, 4) is 5.75 Å². The zero-order valence-electron chi connectivity index (χ0n) is 13.4. The average molecular weight is 312 g/mol. The minimum atomic E-state index is -0.727. The molecule has 5 heteroatoms. The number of ether oxygens (including phenoxy) is 1. The molecule has 0 saturated carbocycles. The Morgan fingerprint density at radius 2 is 1.65 bits per heavy atom. The van der Waals surface area contributed by atoms with Crippen LogP contribution in [0.4, 0.5) is 0 Å². The van der Waals surface area contributed by atoms with E-state index in [-0.39, 0.29) is 5.91 Å². The maximum atomic E-state index is 12.0. The summed E-state index contributed by atoms with van der Waals surface area (Å²) in [5, 5.41) is 0. The summed E-state index contributed by atoms with van der Waals surface area (Å²) in [5.41, 5.74) is 7.32. The van der Waals surface area contributed by atoms with Gasteiger partial charge in [0.1, 0.15) is 5.75 Å². The van der Waals surface area contributed by atoms with Crippen LogP contribution in [0.5, 0.6) is 5.75 Å². The smallest absolute Gasteiger partial charge is 0.279 e. The van der Waals surface area contributed by atoms with E-state index in [4.69, 9.17) is 4.74 Å². The summed E-state index contributed by atoms with van der Waals surface area (Å²) in [6, 6.07) is 14.5. The maximum Gasteiger partial charge on any atom is 0.279 e. The first kappa shape index (κ1) is 16.5. The van der Waals surface area contributed by atoms with Gasteiger partial charge in [-0.25, -0.2) is 0 Å². The van der Waals surface area contributed by atoms with E-state index in [1.165, 1.54) is 0 Å². The third-order valence-corrected chi connectivity index (χ3v) is 3.28. The van der Waals surface area contributed by atoms with Gasteiger partial charge >= 0.3 is 0 Å². The predicted octanol–water partition coefficient (Wildman–Crippen LogP) is 2.53. The van der Waals surface area contributed by atoms with Gasteiger partial charge in [0.25, 0.3) is 11.8 Å². The Bertz CT molecular complexity index is 696. The van der Waals surface area contributed by atoms with Crippen molar-refractivity contribution in [3.05, 3.63) is 65.2 Å². The Labute approximate surface area is 135 Å². The first-order valence-corrected chi connectivity index (χ1v) is 7.36. The summed E-state index contributed by atoms with van der Waals surface area (Å²) < 4.78 is 5.55. The van der Waals surface area contributed by atoms with E-state index in [2.05, 4.69) is 10.9 Å². The highest BCUT2D eigenvalue weighted by molar-refractivity contribution is 5.95. The molecule has 2 aromatic carbocycles. The second-order valence-electron chi connectivity index (χ2n) is 5.39. The summed E-state index contributed by atoms with van der Waals surface area (Å²) in [5.74, 6) is -0.189. The molecule has 0 fully saturated rings. The van der Waals surface area contributed by atoms with Gasteiger partial charge in [-0.05, 0) is 50.6 Å². The van der Waals surface area contributed by atoms with Crippen LogP contribution in [0.2, 0.25) is 0 Å². The fraction of sp³-hybridized carbons (Fsp3) is 0.222. The van der Waals surface area contributed by atoms with E-state index in [0.29, 0.717) is 11.3 Å². The van der Waals surface area contributed by atoms with Crippen molar-refractivity contribution in [2.24, 2.45) is 0 Å². The summed E-state index contributed by atoms with van der Waals surface area (Å²) in [6.07, 6.45) is -0.727. The molecule has 0 aliphatic rings. The van der Waals surface area contributed by atoms with Crippen molar-refractivity contribution in [2.45, 2.75) is 26.9 Å². The second-order valence-corrected chi connectivity index (χ2v) is 5.39. The lowest BCUT2D eigenvalue weighted by Gasteiger charge is -2.15. The molecule has 0 aromatic heterocycles. The maximum absolute atomic E-state index is 12.0. The molecule has 0 saturated heterocycles. The van der Waals surface area contributed by atoms with Gasteiger partial charge in [-0.2, -0.15) is 0 Å². The molecule has 0 bridgehead atoms. The first-order chi connectivity index (χ1) is 11.0. The van der Waals surface area contributed by atoms with Gasteiger partial charge in [-0.1, -0.05) is 29.8 Å². The van der Waals surface area contributed by atoms with Crippen LogP contribution in [0.15, 0.2) is 48.5 Å². The molecule has 2 rings (SSSR count). The molecule has 0 radical (unpaired) electrons. The summed E-state index contributed by atoms with van der Waals surface area (Å²) >= 11 is 0. The normalized spacial score (nSPS) is 11.4. The molecule has 5 nitrogen and oxygen atoms in total. The lowest BCUT2D eigenvalue weighted by Crippen LogP contribution is -2.47. The average Bonchev–Trinajstić information content (AvgIpc) is 2.53. The molecule has 2 N–H and O–H groups in total. The van der Waals surface area contributed by atoms with Crippen molar-refractivity contribution in [3.63, 3.8) is 0 Å². The van der Waals surface area contributed by atoms with Crippen molar-refractivity contribution in [1.29, 1.82) is 0 Å². The molecule has 2 aromatic rings. The van der Waals surface area contributed by atoms with Crippen LogP contribution < -0.4 is 15.6 Å². The zero-order chi connectivity index (χ0) is 16.8. The summed E-state index contributed by atoms with van der Waals surface area (Å²) in [4.78, 5) is 23.9. The van der Waals surface area contributed by atoms with Gasteiger partial charge in [0.05, 0.1) is 0 Å². The zero-order valence-corrected chi connectivity index (χ0v) is 13.4. The second kappa shape index (κ2) is 7.45. The highest BCUT2D eigenvalue weighted by Crippen LogP contribution is 2.14. The minimum Gasteiger partial charge on any atom is -0.481 e. The minimum absolute atomic E-state index is 0.374. The molecule has 0 unspecified atom stereocenters. The molecular weight excluding hydrogens is 292 g/mol. The molecule has 120 valence electrons. The number of benzene rings is 2. The van der Waals surface area contributed by atoms with E-state index in [9.17, 15) is 9.59 Å². The van der Waals surface area contributed by atoms with Crippen LogP contribution in [0.3, 0.4) is 0 Å². The van der Waals surface area contributed by atoms with E-state index < -0.39 is 12.0 Å². The number of carbonyl (C=O) groups is 2. The van der Waals surface area contributed by atoms with Crippen molar-refractivity contribution < 1.29 is 14.3 Å². The largest absolute Gasteiger partial charge is 0.481 e. The predicted molar refractivity (Wildman–Crippen MR) is 88.1 cm³/mol. The number of hydrogen-bond acceptors (Lipinski definition) is 3. The summed E-state index contributed by atoms with van der Waals surface area (Å²) in [6.45, 7) is 5.50. The third-order valence-electron chi connectivity index (χ3n) is 3.28. The monoisotopic (exact) mass is 312 g/mol. The standard InChI is InChI=1S/C18H20N2O3/c1-12-7-9-15(10-8-12)18(22)20-19-17(21)14(3)23-16-6-4-5-13(2)11-16/h4-11,14H,1-3H3,(H,19,21)(H,20,22)/t14-/m1/s1. The first-order valence-electron chi connectivity index (χ1n) is 7.36. The molecule has 0 heterocycles. The van der Waals surface area contributed by atoms with Crippen molar-refractivity contribution in [2.75, 3.05) is 0 Å². The van der Waals surface area contributed by atoms with Crippen LogP contribution in [0.25, 0.3) is 0 Å². The molecule has 2 amide bonds. The Morgan fingerprint density at radius 3 is 2.30 bits per heavy atom. The molecule has 0 spiro atoms. The SMILES string of the molecule is Cc1ccc(C(=O)NNC(=O)[C@@H](C)Oc2cccc(C)c2)cc1. The van der Waals surface area contributed by atoms with Gasteiger partial charge < -0.3 is 4.74 Å². The van der Waals surface area contributed by atoms with E-state index in [1.807, 2.05) is 44.2 Å². The summed E-state index contributed by atoms with van der Waals surface area (Å²) in [7, 11) is 0. The van der Waals surface area contributed by atoms with Gasteiger partial charge in [0.15, 0.2) is 6.10 Å². The van der Waals surface area contributed by atoms with Crippen LogP contribution >= 0.6 is 0 Å². The lowest BCUT2D eigenvalue weighted by molar-refractivity contribution is -0.128. The number of aryl methyl sites for hydroxylation is 2. The number of hydrazine groups is 1. The van der Waals surface area contributed by atoms with E-state index in [0.717, 1.165) is 11.1 Å². The highest BCUT2D eigenvalue weighted by atomic mass is 16.5. The van der Waals surface area contributed by atoms with E-state index in [1.54, 1.807) is 25.1 Å². The molecule has 23 heavy (non-hydrogen) atoms. The Kier molecular flexibility index (Phi) is 5.36. The van der Waals surface area contributed by atoms with Crippen LogP contribution in [0, 0.1) is 13.8 Å². The Morgan fingerprint density at radius 1 is 0.957 bits per heavy atom. The molecule has 1 atom stereocenters. The van der Waals surface area contributed by atoms with Crippen molar-refractivity contribution in [1.82, 2.24) is 10.9 Å². The quantitative estimate of drug-likeness (QED) is 0.853. The Balaban J connectivity index is 1.86. The van der Waals surface area contributed by atoms with Crippen LogP contribution in [-0.2, 0) is 4.79 Å². The third kappa shape index (κ3) is 4.85. The molecular formula is C18H20N2O3. The number of rotatable bonds is 4.